The number of ketones is 1. The molecule has 0 atom stereocenters. The lowest BCUT2D eigenvalue weighted by molar-refractivity contribution is -0.132. The van der Waals surface area contributed by atoms with Crippen LogP contribution >= 0.6 is 0 Å². The first-order chi connectivity index (χ1) is 16.6. The molecule has 1 saturated heterocycles. The lowest BCUT2D eigenvalue weighted by Crippen LogP contribution is -2.50. The van der Waals surface area contributed by atoms with Crippen molar-refractivity contribution in [2.24, 2.45) is 0 Å². The number of para-hydroxylation sites is 2. The minimum Gasteiger partial charge on any atom is -0.361 e. The second-order valence-electron chi connectivity index (χ2n) is 8.78. The van der Waals surface area contributed by atoms with Crippen LogP contribution in [0.15, 0.2) is 60.9 Å². The van der Waals surface area contributed by atoms with Gasteiger partial charge in [-0.2, -0.15) is 5.26 Å². The Balaban J connectivity index is 1.20. The third-order valence-electron chi connectivity index (χ3n) is 6.66. The van der Waals surface area contributed by atoms with Crippen LogP contribution in [0.4, 0.5) is 0 Å². The molecule has 0 saturated carbocycles. The first-order valence-corrected chi connectivity index (χ1v) is 11.7. The quantitative estimate of drug-likeness (QED) is 0.433. The molecule has 0 aliphatic carbocycles. The van der Waals surface area contributed by atoms with Gasteiger partial charge in [-0.15, -0.1) is 0 Å². The first-order valence-electron chi connectivity index (χ1n) is 11.7. The van der Waals surface area contributed by atoms with Gasteiger partial charge in [-0.1, -0.05) is 36.4 Å². The summed E-state index contributed by atoms with van der Waals surface area (Å²) in [5, 5.41) is 11.0. The summed E-state index contributed by atoms with van der Waals surface area (Å²) >= 11 is 0. The summed E-state index contributed by atoms with van der Waals surface area (Å²) in [5.41, 5.74) is 3.74. The number of carbonyl (C=O) groups is 2. The molecule has 1 amide bonds. The minimum atomic E-state index is 0.0745. The average Bonchev–Trinajstić information content (AvgIpc) is 3.45. The molecular formula is C27H27N5O2. The van der Waals surface area contributed by atoms with E-state index in [1.807, 2.05) is 70.4 Å². The third-order valence-corrected chi connectivity index (χ3v) is 6.66. The number of benzene rings is 2. The number of Topliss-reactive ketones (excluding diaryl/α,β-unsaturated/α-hetero) is 1. The second kappa shape index (κ2) is 9.54. The Kier molecular flexibility index (Phi) is 6.15. The third kappa shape index (κ3) is 4.33. The van der Waals surface area contributed by atoms with E-state index in [2.05, 4.69) is 16.0 Å². The van der Waals surface area contributed by atoms with Crippen LogP contribution < -0.4 is 0 Å². The molecule has 0 unspecified atom stereocenters. The van der Waals surface area contributed by atoms with E-state index in [-0.39, 0.29) is 11.7 Å². The van der Waals surface area contributed by atoms with Crippen molar-refractivity contribution in [3.8, 4) is 6.07 Å². The van der Waals surface area contributed by atoms with Crippen molar-refractivity contribution in [2.45, 2.75) is 19.4 Å². The zero-order valence-electron chi connectivity index (χ0n) is 19.0. The molecule has 0 spiro atoms. The number of amides is 1. The number of carbonyl (C=O) groups excluding carboxylic acids is 2. The molecule has 4 aromatic rings. The van der Waals surface area contributed by atoms with E-state index in [1.165, 1.54) is 0 Å². The molecule has 3 heterocycles. The van der Waals surface area contributed by atoms with Gasteiger partial charge in [0.1, 0.15) is 0 Å². The van der Waals surface area contributed by atoms with Crippen molar-refractivity contribution in [1.29, 1.82) is 5.26 Å². The highest BCUT2D eigenvalue weighted by molar-refractivity contribution is 6.09. The van der Waals surface area contributed by atoms with Crippen molar-refractivity contribution in [3.05, 3.63) is 72.1 Å². The van der Waals surface area contributed by atoms with Gasteiger partial charge in [0.15, 0.2) is 5.78 Å². The standard InChI is InChI=1S/C27H27N5O2/c28-10-5-11-32-18-23(22-7-2-4-9-25(22)32)26(33)19-30-12-14-31(15-13-30)27(34)16-20-17-29-24-8-3-1-6-21(20)24/h1-4,6-9,17-18,29H,5,11-16,19H2. The molecule has 7 nitrogen and oxygen atoms in total. The number of fused-ring (bicyclic) bond motifs is 2. The van der Waals surface area contributed by atoms with Crippen molar-refractivity contribution in [1.82, 2.24) is 19.4 Å². The Bertz CT molecular complexity index is 1390. The SMILES string of the molecule is N#CCCn1cc(C(=O)CN2CCN(C(=O)Cc3c[nH]c4ccccc34)CC2)c2ccccc21. The van der Waals surface area contributed by atoms with Crippen LogP contribution in [0.1, 0.15) is 22.3 Å². The van der Waals surface area contributed by atoms with E-state index in [0.29, 0.717) is 57.7 Å². The maximum Gasteiger partial charge on any atom is 0.227 e. The molecule has 1 fully saturated rings. The van der Waals surface area contributed by atoms with Crippen molar-refractivity contribution in [2.75, 3.05) is 32.7 Å². The van der Waals surface area contributed by atoms with Gasteiger partial charge in [-0.25, -0.2) is 0 Å². The second-order valence-corrected chi connectivity index (χ2v) is 8.78. The van der Waals surface area contributed by atoms with Gasteiger partial charge in [-0.05, 0) is 17.7 Å². The highest BCUT2D eigenvalue weighted by Gasteiger charge is 2.24. The maximum absolute atomic E-state index is 13.2. The van der Waals surface area contributed by atoms with E-state index in [1.54, 1.807) is 0 Å². The van der Waals surface area contributed by atoms with Crippen LogP contribution in [0.2, 0.25) is 0 Å². The summed E-state index contributed by atoms with van der Waals surface area (Å²) in [4.78, 5) is 33.3. The molecular weight excluding hydrogens is 426 g/mol. The topological polar surface area (TPSA) is 85.1 Å². The van der Waals surface area contributed by atoms with Crippen molar-refractivity contribution >= 4 is 33.5 Å². The number of hydrogen-bond donors (Lipinski definition) is 1. The van der Waals surface area contributed by atoms with Gasteiger partial charge >= 0.3 is 0 Å². The van der Waals surface area contributed by atoms with Gasteiger partial charge in [0.05, 0.1) is 25.5 Å². The Morgan fingerprint density at radius 1 is 0.971 bits per heavy atom. The fraction of sp³-hybridized carbons (Fsp3) is 0.296. The number of piperazine rings is 1. The summed E-state index contributed by atoms with van der Waals surface area (Å²) in [6, 6.07) is 18.0. The van der Waals surface area contributed by atoms with Crippen LogP contribution in [-0.4, -0.2) is 63.8 Å². The summed E-state index contributed by atoms with van der Waals surface area (Å²) in [6.07, 6.45) is 4.59. The summed E-state index contributed by atoms with van der Waals surface area (Å²) in [5.74, 6) is 0.196. The molecule has 2 aromatic carbocycles. The maximum atomic E-state index is 13.2. The highest BCUT2D eigenvalue weighted by atomic mass is 16.2. The van der Waals surface area contributed by atoms with E-state index >= 15 is 0 Å². The lowest BCUT2D eigenvalue weighted by atomic mass is 10.1. The normalized spacial score (nSPS) is 14.5. The number of nitrogens with zero attached hydrogens (tertiary/aromatic N) is 4. The Morgan fingerprint density at radius 3 is 2.50 bits per heavy atom. The van der Waals surface area contributed by atoms with Crippen molar-refractivity contribution in [3.63, 3.8) is 0 Å². The predicted octanol–water partition coefficient (Wildman–Crippen LogP) is 3.61. The van der Waals surface area contributed by atoms with Gasteiger partial charge in [0, 0.05) is 72.5 Å². The Morgan fingerprint density at radius 2 is 1.71 bits per heavy atom. The van der Waals surface area contributed by atoms with E-state index < -0.39 is 0 Å². The molecule has 172 valence electrons. The van der Waals surface area contributed by atoms with Gasteiger partial charge in [0.2, 0.25) is 5.91 Å². The van der Waals surface area contributed by atoms with Crippen LogP contribution in [0.5, 0.6) is 0 Å². The smallest absolute Gasteiger partial charge is 0.227 e. The van der Waals surface area contributed by atoms with Gasteiger partial charge in [0.25, 0.3) is 0 Å². The number of aromatic nitrogens is 2. The lowest BCUT2D eigenvalue weighted by Gasteiger charge is -2.34. The summed E-state index contributed by atoms with van der Waals surface area (Å²) in [6.45, 7) is 3.51. The molecule has 1 aliphatic heterocycles. The summed E-state index contributed by atoms with van der Waals surface area (Å²) < 4.78 is 1.99. The first kappa shape index (κ1) is 21.9. The highest BCUT2D eigenvalue weighted by Crippen LogP contribution is 2.23. The molecule has 1 aliphatic rings. The Hall–Kier alpha value is -3.89. The minimum absolute atomic E-state index is 0.0745. The van der Waals surface area contributed by atoms with Crippen LogP contribution in [0.3, 0.4) is 0 Å². The van der Waals surface area contributed by atoms with Crippen molar-refractivity contribution < 1.29 is 9.59 Å². The molecule has 34 heavy (non-hydrogen) atoms. The van der Waals surface area contributed by atoms with Gasteiger partial charge in [-0.3, -0.25) is 14.5 Å². The zero-order valence-corrected chi connectivity index (χ0v) is 19.0. The number of nitrogens with one attached hydrogen (secondary N) is 1. The number of nitriles is 1. The monoisotopic (exact) mass is 453 g/mol. The van der Waals surface area contributed by atoms with Gasteiger partial charge < -0.3 is 14.5 Å². The molecule has 0 bridgehead atoms. The fourth-order valence-electron chi connectivity index (χ4n) is 4.82. The molecule has 2 aromatic heterocycles. The number of rotatable bonds is 7. The van der Waals surface area contributed by atoms with Crippen LogP contribution in [0, 0.1) is 11.3 Å². The predicted molar refractivity (Wildman–Crippen MR) is 132 cm³/mol. The molecule has 1 N–H and O–H groups in total. The largest absolute Gasteiger partial charge is 0.361 e. The number of hydrogen-bond acceptors (Lipinski definition) is 4. The molecule has 7 heteroatoms. The van der Waals surface area contributed by atoms with E-state index in [0.717, 1.165) is 27.4 Å². The molecule has 0 radical (unpaired) electrons. The Labute approximate surface area is 198 Å². The van der Waals surface area contributed by atoms with E-state index in [9.17, 15) is 9.59 Å². The number of H-pyrrole nitrogens is 1. The zero-order chi connectivity index (χ0) is 23.5. The number of aromatic amines is 1. The van der Waals surface area contributed by atoms with Crippen LogP contribution in [0.25, 0.3) is 21.8 Å². The van der Waals surface area contributed by atoms with Crippen LogP contribution in [-0.2, 0) is 17.8 Å². The average molecular weight is 454 g/mol. The number of aryl methyl sites for hydroxylation is 1. The van der Waals surface area contributed by atoms with E-state index in [4.69, 9.17) is 5.26 Å². The summed E-state index contributed by atoms with van der Waals surface area (Å²) in [7, 11) is 0. The molecule has 5 rings (SSSR count). The fourth-order valence-corrected chi connectivity index (χ4v) is 4.82.